The molecule has 3 heteroatoms. The van der Waals surface area contributed by atoms with Crippen molar-refractivity contribution in [1.82, 2.24) is 0 Å². The summed E-state index contributed by atoms with van der Waals surface area (Å²) in [7, 11) is 0. The molecule has 3 N–H and O–H groups in total. The third-order valence-corrected chi connectivity index (χ3v) is 4.04. The number of benzene rings is 3. The lowest BCUT2D eigenvalue weighted by Gasteiger charge is -2.20. The van der Waals surface area contributed by atoms with Crippen LogP contribution in [0, 0.1) is 5.41 Å². The van der Waals surface area contributed by atoms with E-state index in [9.17, 15) is 4.79 Å². The van der Waals surface area contributed by atoms with E-state index in [2.05, 4.69) is 0 Å². The summed E-state index contributed by atoms with van der Waals surface area (Å²) < 4.78 is 0. The Morgan fingerprint density at radius 2 is 1.52 bits per heavy atom. The van der Waals surface area contributed by atoms with Gasteiger partial charge in [0.1, 0.15) is 5.84 Å². The normalized spacial score (nSPS) is 12.3. The van der Waals surface area contributed by atoms with Crippen molar-refractivity contribution in [3.63, 3.8) is 0 Å². The van der Waals surface area contributed by atoms with E-state index in [1.807, 2.05) is 54.6 Å². The van der Waals surface area contributed by atoms with Crippen LogP contribution in [0.4, 0.5) is 0 Å². The van der Waals surface area contributed by atoms with Crippen LogP contribution in [0.15, 0.2) is 54.6 Å². The number of ketones is 1. The monoisotopic (exact) mass is 272 g/mol. The van der Waals surface area contributed by atoms with Gasteiger partial charge in [0, 0.05) is 22.1 Å². The van der Waals surface area contributed by atoms with Crippen molar-refractivity contribution in [3.8, 4) is 11.1 Å². The van der Waals surface area contributed by atoms with Gasteiger partial charge >= 0.3 is 0 Å². The molecule has 0 radical (unpaired) electrons. The number of nitrogens with two attached hydrogens (primary N) is 1. The highest BCUT2D eigenvalue weighted by Crippen LogP contribution is 2.40. The maximum Gasteiger partial charge on any atom is 0.194 e. The molecule has 0 aromatic heterocycles. The van der Waals surface area contributed by atoms with Gasteiger partial charge in [0.05, 0.1) is 0 Å². The van der Waals surface area contributed by atoms with E-state index in [1.54, 1.807) is 0 Å². The molecule has 100 valence electrons. The number of hydrogen-bond acceptors (Lipinski definition) is 2. The zero-order chi connectivity index (χ0) is 14.6. The van der Waals surface area contributed by atoms with Gasteiger partial charge in [-0.1, -0.05) is 54.6 Å². The summed E-state index contributed by atoms with van der Waals surface area (Å²) in [6.07, 6.45) is 0. The molecule has 0 unspecified atom stereocenters. The van der Waals surface area contributed by atoms with Crippen molar-refractivity contribution >= 4 is 22.4 Å². The summed E-state index contributed by atoms with van der Waals surface area (Å²) in [5.74, 6) is 0.0504. The van der Waals surface area contributed by atoms with Gasteiger partial charge in [0.15, 0.2) is 5.78 Å². The number of rotatable bonds is 1. The molecule has 0 fully saturated rings. The van der Waals surface area contributed by atoms with Crippen LogP contribution >= 0.6 is 0 Å². The van der Waals surface area contributed by atoms with E-state index in [4.69, 9.17) is 11.1 Å². The summed E-state index contributed by atoms with van der Waals surface area (Å²) in [5, 5.41) is 9.48. The van der Waals surface area contributed by atoms with E-state index in [1.165, 1.54) is 0 Å². The molecule has 0 atom stereocenters. The molecule has 4 rings (SSSR count). The van der Waals surface area contributed by atoms with Crippen molar-refractivity contribution in [1.29, 1.82) is 5.41 Å². The lowest BCUT2D eigenvalue weighted by molar-refractivity contribution is 0.104. The van der Waals surface area contributed by atoms with E-state index in [0.717, 1.165) is 27.5 Å². The number of nitrogen functional groups attached to an aromatic ring is 1. The van der Waals surface area contributed by atoms with Crippen LogP contribution in [0.1, 0.15) is 21.5 Å². The number of nitrogens with one attached hydrogen (secondary N) is 1. The highest BCUT2D eigenvalue weighted by atomic mass is 16.1. The topological polar surface area (TPSA) is 66.9 Å². The highest BCUT2D eigenvalue weighted by molar-refractivity contribution is 6.27. The maximum atomic E-state index is 12.7. The van der Waals surface area contributed by atoms with Gasteiger partial charge in [0.2, 0.25) is 0 Å². The first-order valence-corrected chi connectivity index (χ1v) is 6.72. The average molecular weight is 272 g/mol. The predicted octanol–water partition coefficient (Wildman–Crippen LogP) is 3.34. The van der Waals surface area contributed by atoms with Gasteiger partial charge < -0.3 is 5.73 Å². The summed E-state index contributed by atoms with van der Waals surface area (Å²) in [5.41, 5.74) is 9.72. The minimum atomic E-state index is 0.0185. The van der Waals surface area contributed by atoms with Crippen LogP contribution in [0.2, 0.25) is 0 Å². The molecule has 3 aromatic carbocycles. The summed E-state index contributed by atoms with van der Waals surface area (Å²) in [4.78, 5) is 12.7. The van der Waals surface area contributed by atoms with Gasteiger partial charge in [0.25, 0.3) is 0 Å². The van der Waals surface area contributed by atoms with Gasteiger partial charge in [-0.2, -0.15) is 0 Å². The third-order valence-electron chi connectivity index (χ3n) is 4.04. The van der Waals surface area contributed by atoms with Gasteiger partial charge in [-0.3, -0.25) is 10.2 Å². The second kappa shape index (κ2) is 4.03. The first-order chi connectivity index (χ1) is 10.2. The molecule has 0 amide bonds. The standard InChI is InChI=1S/C18H12N2O/c19-18(20)14-9-8-12-10-4-1-2-5-13(10)17(21)15-7-3-6-11(14)16(12)15/h1-9H,(H3,19,20). The Balaban J connectivity index is 2.23. The van der Waals surface area contributed by atoms with Crippen LogP contribution in [0.25, 0.3) is 21.9 Å². The highest BCUT2D eigenvalue weighted by Gasteiger charge is 2.25. The second-order valence-electron chi connectivity index (χ2n) is 5.18. The second-order valence-corrected chi connectivity index (χ2v) is 5.18. The molecule has 0 heterocycles. The Labute approximate surface area is 121 Å². The zero-order valence-electron chi connectivity index (χ0n) is 11.2. The molecule has 0 spiro atoms. The molecule has 0 bridgehead atoms. The first kappa shape index (κ1) is 11.9. The predicted molar refractivity (Wildman–Crippen MR) is 83.8 cm³/mol. The average Bonchev–Trinajstić information content (AvgIpc) is 2.51. The lowest BCUT2D eigenvalue weighted by Crippen LogP contribution is -2.14. The molecule has 21 heavy (non-hydrogen) atoms. The number of hydrogen-bond donors (Lipinski definition) is 2. The molecular weight excluding hydrogens is 260 g/mol. The largest absolute Gasteiger partial charge is 0.384 e. The van der Waals surface area contributed by atoms with Gasteiger partial charge in [-0.15, -0.1) is 0 Å². The van der Waals surface area contributed by atoms with Crippen LogP contribution in [-0.4, -0.2) is 11.6 Å². The fraction of sp³-hybridized carbons (Fsp3) is 0. The van der Waals surface area contributed by atoms with Crippen LogP contribution in [-0.2, 0) is 0 Å². The minimum Gasteiger partial charge on any atom is -0.384 e. The number of carbonyl (C=O) groups is 1. The van der Waals surface area contributed by atoms with E-state index in [0.29, 0.717) is 11.1 Å². The van der Waals surface area contributed by atoms with Crippen LogP contribution in [0.3, 0.4) is 0 Å². The molecule has 0 saturated carbocycles. The van der Waals surface area contributed by atoms with Crippen molar-refractivity contribution in [3.05, 3.63) is 71.3 Å². The Bertz CT molecular complexity index is 941. The fourth-order valence-electron chi connectivity index (χ4n) is 3.12. The van der Waals surface area contributed by atoms with Gasteiger partial charge in [-0.05, 0) is 16.5 Å². The molecule has 0 aliphatic heterocycles. The van der Waals surface area contributed by atoms with E-state index >= 15 is 0 Å². The zero-order valence-corrected chi connectivity index (χ0v) is 11.2. The summed E-state index contributed by atoms with van der Waals surface area (Å²) in [6.45, 7) is 0. The molecule has 3 aromatic rings. The smallest absolute Gasteiger partial charge is 0.194 e. The van der Waals surface area contributed by atoms with Crippen molar-refractivity contribution < 1.29 is 4.79 Å². The number of carbonyl (C=O) groups excluding carboxylic acids is 1. The maximum absolute atomic E-state index is 12.7. The molecule has 1 aliphatic rings. The van der Waals surface area contributed by atoms with Crippen molar-refractivity contribution in [2.24, 2.45) is 5.73 Å². The van der Waals surface area contributed by atoms with Gasteiger partial charge in [-0.25, -0.2) is 0 Å². The van der Waals surface area contributed by atoms with Crippen molar-refractivity contribution in [2.45, 2.75) is 0 Å². The minimum absolute atomic E-state index is 0.0185. The summed E-state index contributed by atoms with van der Waals surface area (Å²) in [6, 6.07) is 17.1. The van der Waals surface area contributed by atoms with E-state index < -0.39 is 0 Å². The SMILES string of the molecule is N=C(N)c1ccc2c3c(cccc13)C(=O)c1ccccc1-2. The Morgan fingerprint density at radius 3 is 2.29 bits per heavy atom. The Hall–Kier alpha value is -2.94. The molecular formula is C18H12N2O. The van der Waals surface area contributed by atoms with Crippen LogP contribution < -0.4 is 5.73 Å². The molecule has 3 nitrogen and oxygen atoms in total. The fourth-order valence-corrected chi connectivity index (χ4v) is 3.12. The van der Waals surface area contributed by atoms with Crippen molar-refractivity contribution in [2.75, 3.05) is 0 Å². The number of amidine groups is 1. The first-order valence-electron chi connectivity index (χ1n) is 6.72. The molecule has 0 saturated heterocycles. The van der Waals surface area contributed by atoms with E-state index in [-0.39, 0.29) is 11.6 Å². The Kier molecular flexibility index (Phi) is 2.27. The Morgan fingerprint density at radius 1 is 0.810 bits per heavy atom. The summed E-state index contributed by atoms with van der Waals surface area (Å²) >= 11 is 0. The number of fused-ring (bicyclic) bond motifs is 2. The van der Waals surface area contributed by atoms with Crippen LogP contribution in [0.5, 0.6) is 0 Å². The quantitative estimate of drug-likeness (QED) is 0.412. The molecule has 1 aliphatic carbocycles. The lowest BCUT2D eigenvalue weighted by atomic mass is 9.81. The third kappa shape index (κ3) is 1.48.